The lowest BCUT2D eigenvalue weighted by atomic mass is 10.1. The number of amides is 1. The quantitative estimate of drug-likeness (QED) is 0.784. The summed E-state index contributed by atoms with van der Waals surface area (Å²) >= 11 is 0. The van der Waals surface area contributed by atoms with Gasteiger partial charge >= 0.3 is 5.97 Å². The number of hydrogen-bond acceptors (Lipinski definition) is 3. The van der Waals surface area contributed by atoms with Crippen LogP contribution in [0.1, 0.15) is 58.8 Å². The molecule has 5 heteroatoms. The number of rotatable bonds is 7. The summed E-state index contributed by atoms with van der Waals surface area (Å²) in [6.07, 6.45) is 6.70. The van der Waals surface area contributed by atoms with E-state index in [4.69, 9.17) is 5.11 Å². The van der Waals surface area contributed by atoms with E-state index in [1.807, 2.05) is 4.90 Å². The highest BCUT2D eigenvalue weighted by molar-refractivity contribution is 5.78. The largest absolute Gasteiger partial charge is 0.481 e. The Hall–Kier alpha value is -1.10. The van der Waals surface area contributed by atoms with Crippen LogP contribution < -0.4 is 0 Å². The lowest BCUT2D eigenvalue weighted by Crippen LogP contribution is -2.44. The molecule has 0 atom stereocenters. The summed E-state index contributed by atoms with van der Waals surface area (Å²) in [5.41, 5.74) is 0. The molecule has 0 aromatic carbocycles. The zero-order valence-corrected chi connectivity index (χ0v) is 13.5. The fourth-order valence-corrected chi connectivity index (χ4v) is 2.72. The van der Waals surface area contributed by atoms with E-state index in [-0.39, 0.29) is 18.4 Å². The first-order valence-corrected chi connectivity index (χ1v) is 8.24. The molecule has 0 aromatic rings. The zero-order chi connectivity index (χ0) is 15.7. The first kappa shape index (κ1) is 18.0. The fraction of sp³-hybridized carbons (Fsp3) is 0.875. The monoisotopic (exact) mass is 298 g/mol. The lowest BCUT2D eigenvalue weighted by molar-refractivity contribution is -0.137. The van der Waals surface area contributed by atoms with Gasteiger partial charge in [0.1, 0.15) is 0 Å². The molecule has 1 amide bonds. The summed E-state index contributed by atoms with van der Waals surface area (Å²) in [5, 5.41) is 8.71. The van der Waals surface area contributed by atoms with Gasteiger partial charge in [-0.2, -0.15) is 0 Å². The third-order valence-electron chi connectivity index (χ3n) is 4.11. The number of nitrogens with zero attached hydrogens (tertiary/aromatic N) is 2. The van der Waals surface area contributed by atoms with Crippen molar-refractivity contribution in [3.05, 3.63) is 0 Å². The standard InChI is InChI=1S/C16H30N2O3/c1-14(2)18(12-8-9-16(20)21)13-15(19)17-10-6-4-3-5-7-11-17/h14H,3-13H2,1-2H3,(H,20,21). The van der Waals surface area contributed by atoms with Crippen LogP contribution in [0.2, 0.25) is 0 Å². The number of aliphatic carboxylic acids is 1. The first-order chi connectivity index (χ1) is 10.0. The molecule has 0 saturated carbocycles. The fourth-order valence-electron chi connectivity index (χ4n) is 2.72. The minimum atomic E-state index is -0.770. The van der Waals surface area contributed by atoms with Gasteiger partial charge in [0.15, 0.2) is 0 Å². The molecule has 0 spiro atoms. The molecule has 0 aliphatic carbocycles. The Labute approximate surface area is 128 Å². The summed E-state index contributed by atoms with van der Waals surface area (Å²) in [4.78, 5) is 27.1. The van der Waals surface area contributed by atoms with Gasteiger partial charge in [0.2, 0.25) is 5.91 Å². The van der Waals surface area contributed by atoms with E-state index in [0.29, 0.717) is 19.5 Å². The summed E-state index contributed by atoms with van der Waals surface area (Å²) in [6.45, 7) is 6.95. The second-order valence-electron chi connectivity index (χ2n) is 6.21. The highest BCUT2D eigenvalue weighted by atomic mass is 16.4. The molecule has 1 fully saturated rings. The van der Waals surface area contributed by atoms with Crippen molar-refractivity contribution < 1.29 is 14.7 Å². The molecule has 1 saturated heterocycles. The Morgan fingerprint density at radius 3 is 2.19 bits per heavy atom. The number of carboxylic acids is 1. The van der Waals surface area contributed by atoms with Crippen molar-refractivity contribution in [2.45, 2.75) is 64.8 Å². The van der Waals surface area contributed by atoms with Crippen LogP contribution in [-0.4, -0.2) is 59.0 Å². The van der Waals surface area contributed by atoms with E-state index in [1.165, 1.54) is 19.3 Å². The molecule has 21 heavy (non-hydrogen) atoms. The van der Waals surface area contributed by atoms with E-state index in [2.05, 4.69) is 18.7 Å². The third kappa shape index (κ3) is 7.46. The molecule has 122 valence electrons. The molecular formula is C16H30N2O3. The van der Waals surface area contributed by atoms with Crippen LogP contribution in [0.15, 0.2) is 0 Å². The highest BCUT2D eigenvalue weighted by Gasteiger charge is 2.19. The molecule has 1 rings (SSSR count). The van der Waals surface area contributed by atoms with Gasteiger partial charge in [-0.05, 0) is 39.7 Å². The van der Waals surface area contributed by atoms with E-state index >= 15 is 0 Å². The molecule has 0 bridgehead atoms. The van der Waals surface area contributed by atoms with Crippen LogP contribution >= 0.6 is 0 Å². The average Bonchev–Trinajstić information content (AvgIpc) is 2.36. The molecule has 0 radical (unpaired) electrons. The van der Waals surface area contributed by atoms with Gasteiger partial charge in [0.05, 0.1) is 6.54 Å². The van der Waals surface area contributed by atoms with Gasteiger partial charge in [-0.3, -0.25) is 14.5 Å². The van der Waals surface area contributed by atoms with Crippen molar-refractivity contribution >= 4 is 11.9 Å². The predicted molar refractivity (Wildman–Crippen MR) is 83.2 cm³/mol. The van der Waals surface area contributed by atoms with Crippen LogP contribution in [-0.2, 0) is 9.59 Å². The summed E-state index contributed by atoms with van der Waals surface area (Å²) in [6, 6.07) is 0.262. The van der Waals surface area contributed by atoms with Crippen molar-refractivity contribution in [1.82, 2.24) is 9.80 Å². The first-order valence-electron chi connectivity index (χ1n) is 8.24. The lowest BCUT2D eigenvalue weighted by Gasteiger charge is -2.30. The van der Waals surface area contributed by atoms with Crippen molar-refractivity contribution in [2.24, 2.45) is 0 Å². The molecule has 0 aromatic heterocycles. The van der Waals surface area contributed by atoms with Crippen LogP contribution in [0, 0.1) is 0 Å². The van der Waals surface area contributed by atoms with Crippen molar-refractivity contribution in [3.8, 4) is 0 Å². The maximum Gasteiger partial charge on any atom is 0.303 e. The number of hydrogen-bond donors (Lipinski definition) is 1. The predicted octanol–water partition coefficient (Wildman–Crippen LogP) is 2.35. The number of carbonyl (C=O) groups excluding carboxylic acids is 1. The SMILES string of the molecule is CC(C)N(CCCC(=O)O)CC(=O)N1CCCCCCC1. The summed E-state index contributed by atoms with van der Waals surface area (Å²) in [7, 11) is 0. The van der Waals surface area contributed by atoms with Crippen molar-refractivity contribution in [1.29, 1.82) is 0 Å². The summed E-state index contributed by atoms with van der Waals surface area (Å²) < 4.78 is 0. The van der Waals surface area contributed by atoms with E-state index in [1.54, 1.807) is 0 Å². The molecule has 0 unspecified atom stereocenters. The third-order valence-corrected chi connectivity index (χ3v) is 4.11. The maximum absolute atomic E-state index is 12.4. The highest BCUT2D eigenvalue weighted by Crippen LogP contribution is 2.11. The Morgan fingerprint density at radius 1 is 1.10 bits per heavy atom. The molecule has 1 heterocycles. The Morgan fingerprint density at radius 2 is 1.67 bits per heavy atom. The van der Waals surface area contributed by atoms with Crippen molar-refractivity contribution in [2.75, 3.05) is 26.2 Å². The Bertz CT molecular complexity index is 323. The Balaban J connectivity index is 2.44. The van der Waals surface area contributed by atoms with Crippen LogP contribution in [0.5, 0.6) is 0 Å². The van der Waals surface area contributed by atoms with Gasteiger partial charge in [0, 0.05) is 25.6 Å². The minimum Gasteiger partial charge on any atom is -0.481 e. The second kappa shape index (κ2) is 9.77. The topological polar surface area (TPSA) is 60.9 Å². The average molecular weight is 298 g/mol. The molecule has 1 aliphatic rings. The summed E-state index contributed by atoms with van der Waals surface area (Å²) in [5.74, 6) is -0.574. The molecule has 1 aliphatic heterocycles. The number of likely N-dealkylation sites (tertiary alicyclic amines) is 1. The van der Waals surface area contributed by atoms with E-state index < -0.39 is 5.97 Å². The second-order valence-corrected chi connectivity index (χ2v) is 6.21. The Kier molecular flexibility index (Phi) is 8.35. The normalized spacial score (nSPS) is 16.9. The molecular weight excluding hydrogens is 268 g/mol. The smallest absolute Gasteiger partial charge is 0.303 e. The molecule has 1 N–H and O–H groups in total. The van der Waals surface area contributed by atoms with Crippen LogP contribution in [0.4, 0.5) is 0 Å². The maximum atomic E-state index is 12.4. The van der Waals surface area contributed by atoms with Crippen molar-refractivity contribution in [3.63, 3.8) is 0 Å². The zero-order valence-electron chi connectivity index (χ0n) is 13.5. The molecule has 5 nitrogen and oxygen atoms in total. The number of carbonyl (C=O) groups is 2. The van der Waals surface area contributed by atoms with Gasteiger partial charge in [0.25, 0.3) is 0 Å². The number of carboxylic acid groups (broad SMARTS) is 1. The van der Waals surface area contributed by atoms with Crippen LogP contribution in [0.3, 0.4) is 0 Å². The van der Waals surface area contributed by atoms with E-state index in [9.17, 15) is 9.59 Å². The van der Waals surface area contributed by atoms with Gasteiger partial charge in [-0.15, -0.1) is 0 Å². The van der Waals surface area contributed by atoms with Gasteiger partial charge in [-0.25, -0.2) is 0 Å². The van der Waals surface area contributed by atoms with Crippen LogP contribution in [0.25, 0.3) is 0 Å². The van der Waals surface area contributed by atoms with Gasteiger partial charge in [-0.1, -0.05) is 19.3 Å². The van der Waals surface area contributed by atoms with Gasteiger partial charge < -0.3 is 10.0 Å². The van der Waals surface area contributed by atoms with E-state index in [0.717, 1.165) is 25.9 Å². The minimum absolute atomic E-state index is 0.168.